The SMILES string of the molecule is CCOCC(C)(C)C(/C=C/[C@H]1[C@H](OC2C=CC=CO2)CC(=O)[C@@H]1CC=CCCCC(=O)O)OC1C=CC=CO1. The highest BCUT2D eigenvalue weighted by Gasteiger charge is 2.42. The summed E-state index contributed by atoms with van der Waals surface area (Å²) in [5.41, 5.74) is -0.372. The number of hydrogen-bond donors (Lipinski definition) is 1. The predicted octanol–water partition coefficient (Wildman–Crippen LogP) is 5.63. The predicted molar refractivity (Wildman–Crippen MR) is 147 cm³/mol. The first-order valence-electron chi connectivity index (χ1n) is 13.7. The molecule has 0 radical (unpaired) electrons. The summed E-state index contributed by atoms with van der Waals surface area (Å²) >= 11 is 0. The summed E-state index contributed by atoms with van der Waals surface area (Å²) in [6.45, 7) is 7.21. The smallest absolute Gasteiger partial charge is 0.303 e. The molecule has 6 atom stereocenters. The van der Waals surface area contributed by atoms with E-state index in [-0.39, 0.29) is 48.1 Å². The molecule has 3 rings (SSSR count). The first-order chi connectivity index (χ1) is 18.8. The number of carboxylic acid groups (broad SMARTS) is 1. The minimum Gasteiger partial charge on any atom is -0.481 e. The number of aliphatic carboxylic acids is 1. The molecule has 3 aliphatic rings. The second-order valence-corrected chi connectivity index (χ2v) is 10.5. The maximum Gasteiger partial charge on any atom is 0.303 e. The Morgan fingerprint density at radius 1 is 1.13 bits per heavy atom. The maximum absolute atomic E-state index is 13.2. The third kappa shape index (κ3) is 9.95. The van der Waals surface area contributed by atoms with E-state index < -0.39 is 18.5 Å². The molecule has 8 nitrogen and oxygen atoms in total. The van der Waals surface area contributed by atoms with Crippen molar-refractivity contribution in [3.05, 3.63) is 73.3 Å². The van der Waals surface area contributed by atoms with Gasteiger partial charge in [-0.25, -0.2) is 0 Å². The lowest BCUT2D eigenvalue weighted by Gasteiger charge is -2.34. The Labute approximate surface area is 231 Å². The molecule has 2 aliphatic heterocycles. The Kier molecular flexibility index (Phi) is 12.2. The second kappa shape index (κ2) is 15.6. The van der Waals surface area contributed by atoms with Crippen LogP contribution in [0.5, 0.6) is 0 Å². The van der Waals surface area contributed by atoms with Crippen LogP contribution in [0.15, 0.2) is 73.3 Å². The molecule has 0 aromatic rings. The van der Waals surface area contributed by atoms with Crippen LogP contribution < -0.4 is 0 Å². The van der Waals surface area contributed by atoms with E-state index in [0.29, 0.717) is 32.5 Å². The topological polar surface area (TPSA) is 101 Å². The summed E-state index contributed by atoms with van der Waals surface area (Å²) in [7, 11) is 0. The fourth-order valence-electron chi connectivity index (χ4n) is 4.75. The number of ketones is 1. The normalized spacial score (nSPS) is 27.4. The molecular formula is C31H42O8. The third-order valence-electron chi connectivity index (χ3n) is 6.92. The van der Waals surface area contributed by atoms with E-state index in [9.17, 15) is 9.59 Å². The molecule has 0 amide bonds. The maximum atomic E-state index is 13.2. The third-order valence-corrected chi connectivity index (χ3v) is 6.92. The van der Waals surface area contributed by atoms with Crippen LogP contribution in [0.3, 0.4) is 0 Å². The van der Waals surface area contributed by atoms with Crippen LogP contribution in [0.2, 0.25) is 0 Å². The number of carbonyl (C=O) groups excluding carboxylic acids is 1. The summed E-state index contributed by atoms with van der Waals surface area (Å²) in [5, 5.41) is 8.85. The van der Waals surface area contributed by atoms with Crippen LogP contribution in [0.1, 0.15) is 52.9 Å². The van der Waals surface area contributed by atoms with Gasteiger partial charge in [0.25, 0.3) is 0 Å². The molecule has 39 heavy (non-hydrogen) atoms. The summed E-state index contributed by atoms with van der Waals surface area (Å²) in [6, 6.07) is 0. The van der Waals surface area contributed by atoms with E-state index in [4.69, 9.17) is 28.8 Å². The standard InChI is InChI=1S/C31H42O8/c1-4-35-22-31(2,3)27(39-30-16-10-12-20-37-30)18-17-24-23(13-7-5-6-8-14-28(33)34)25(32)21-26(24)38-29-15-9-11-19-36-29/h5,7,9-12,15-20,23-24,26-27,29-30H,4,6,8,13-14,21-22H2,1-3H3,(H,33,34)/b7-5?,18-17+/t23-,24-,26-,27?,29?,30?/m1/s1. The van der Waals surface area contributed by atoms with Gasteiger partial charge in [0.05, 0.1) is 31.3 Å². The number of hydrogen-bond acceptors (Lipinski definition) is 7. The van der Waals surface area contributed by atoms with Gasteiger partial charge in [-0.15, -0.1) is 0 Å². The van der Waals surface area contributed by atoms with E-state index in [2.05, 4.69) is 13.8 Å². The zero-order chi connectivity index (χ0) is 28.1. The molecule has 8 heteroatoms. The minimum absolute atomic E-state index is 0.131. The van der Waals surface area contributed by atoms with Gasteiger partial charge < -0.3 is 28.8 Å². The molecule has 1 N–H and O–H groups in total. The molecule has 0 aromatic carbocycles. The number of carbonyl (C=O) groups is 2. The Morgan fingerprint density at radius 3 is 2.49 bits per heavy atom. The van der Waals surface area contributed by atoms with Crippen LogP contribution >= 0.6 is 0 Å². The highest BCUT2D eigenvalue weighted by molar-refractivity contribution is 5.85. The van der Waals surface area contributed by atoms with E-state index in [1.54, 1.807) is 24.7 Å². The number of Topliss-reactive ketones (excluding diaryl/α,β-unsaturated/α-hetero) is 1. The lowest BCUT2D eigenvalue weighted by Crippen LogP contribution is -2.38. The Morgan fingerprint density at radius 2 is 1.85 bits per heavy atom. The summed E-state index contributed by atoms with van der Waals surface area (Å²) in [6.07, 6.45) is 22.6. The first kappa shape index (κ1) is 30.6. The largest absolute Gasteiger partial charge is 0.481 e. The molecule has 2 heterocycles. The molecule has 1 aliphatic carbocycles. The van der Waals surface area contributed by atoms with Gasteiger partial charge in [-0.1, -0.05) is 50.3 Å². The van der Waals surface area contributed by atoms with Crippen molar-refractivity contribution >= 4 is 11.8 Å². The number of rotatable bonds is 16. The molecule has 1 fully saturated rings. The summed E-state index contributed by atoms with van der Waals surface area (Å²) in [5.74, 6) is -1.13. The van der Waals surface area contributed by atoms with Crippen LogP contribution in [0.25, 0.3) is 0 Å². The van der Waals surface area contributed by atoms with Gasteiger partial charge in [0, 0.05) is 36.7 Å². The van der Waals surface area contributed by atoms with Crippen molar-refractivity contribution in [2.45, 2.75) is 77.7 Å². The van der Waals surface area contributed by atoms with E-state index in [1.165, 1.54) is 0 Å². The zero-order valence-corrected chi connectivity index (χ0v) is 23.1. The van der Waals surface area contributed by atoms with Gasteiger partial charge in [0.15, 0.2) is 0 Å². The molecule has 214 valence electrons. The van der Waals surface area contributed by atoms with Crippen molar-refractivity contribution < 1.29 is 38.4 Å². The molecule has 0 spiro atoms. The van der Waals surface area contributed by atoms with Crippen LogP contribution in [-0.4, -0.2) is 54.9 Å². The molecule has 0 bridgehead atoms. The quantitative estimate of drug-likeness (QED) is 0.198. The van der Waals surface area contributed by atoms with Crippen molar-refractivity contribution in [1.82, 2.24) is 0 Å². The number of allylic oxidation sites excluding steroid dienone is 6. The fourth-order valence-corrected chi connectivity index (χ4v) is 4.75. The second-order valence-electron chi connectivity index (χ2n) is 10.5. The highest BCUT2D eigenvalue weighted by Crippen LogP contribution is 2.37. The minimum atomic E-state index is -0.803. The van der Waals surface area contributed by atoms with Gasteiger partial charge in [-0.05, 0) is 50.5 Å². The molecular weight excluding hydrogens is 500 g/mol. The lowest BCUT2D eigenvalue weighted by molar-refractivity contribution is -0.140. The summed E-state index contributed by atoms with van der Waals surface area (Å²) < 4.78 is 29.5. The number of unbranched alkanes of at least 4 members (excludes halogenated alkanes) is 1. The number of ether oxygens (including phenoxy) is 5. The fraction of sp³-hybridized carbons (Fsp3) is 0.548. The van der Waals surface area contributed by atoms with Gasteiger partial charge in [-0.2, -0.15) is 0 Å². The van der Waals surface area contributed by atoms with E-state index >= 15 is 0 Å². The van der Waals surface area contributed by atoms with Gasteiger partial charge in [0.1, 0.15) is 5.78 Å². The molecule has 3 unspecified atom stereocenters. The van der Waals surface area contributed by atoms with Crippen molar-refractivity contribution in [3.8, 4) is 0 Å². The lowest BCUT2D eigenvalue weighted by atomic mass is 9.84. The van der Waals surface area contributed by atoms with E-state index in [0.717, 1.165) is 0 Å². The Hall–Kier alpha value is -2.94. The van der Waals surface area contributed by atoms with Crippen molar-refractivity contribution in [1.29, 1.82) is 0 Å². The average molecular weight is 543 g/mol. The molecule has 0 aromatic heterocycles. The highest BCUT2D eigenvalue weighted by atomic mass is 16.7. The first-order valence-corrected chi connectivity index (χ1v) is 13.7. The van der Waals surface area contributed by atoms with Gasteiger partial charge >= 0.3 is 5.97 Å². The van der Waals surface area contributed by atoms with Gasteiger partial charge in [0.2, 0.25) is 12.6 Å². The van der Waals surface area contributed by atoms with Crippen LogP contribution in [0.4, 0.5) is 0 Å². The Balaban J connectivity index is 1.78. The van der Waals surface area contributed by atoms with Gasteiger partial charge in [-0.3, -0.25) is 9.59 Å². The van der Waals surface area contributed by atoms with Crippen molar-refractivity contribution in [3.63, 3.8) is 0 Å². The van der Waals surface area contributed by atoms with Crippen molar-refractivity contribution in [2.75, 3.05) is 13.2 Å². The molecule has 1 saturated carbocycles. The average Bonchev–Trinajstić information content (AvgIpc) is 3.21. The monoisotopic (exact) mass is 542 g/mol. The molecule has 0 saturated heterocycles. The summed E-state index contributed by atoms with van der Waals surface area (Å²) in [4.78, 5) is 23.9. The number of carboxylic acids is 1. The van der Waals surface area contributed by atoms with Crippen LogP contribution in [0, 0.1) is 17.3 Å². The Bertz CT molecular complexity index is 973. The van der Waals surface area contributed by atoms with Crippen molar-refractivity contribution in [2.24, 2.45) is 17.3 Å². The van der Waals surface area contributed by atoms with Crippen LogP contribution in [-0.2, 0) is 33.3 Å². The van der Waals surface area contributed by atoms with E-state index in [1.807, 2.05) is 55.5 Å². The zero-order valence-electron chi connectivity index (χ0n) is 23.1.